The van der Waals surface area contributed by atoms with Gasteiger partial charge < -0.3 is 0 Å². The van der Waals surface area contributed by atoms with Crippen LogP contribution >= 0.6 is 11.8 Å². The molecular formula is C19H18S. The van der Waals surface area contributed by atoms with Gasteiger partial charge in [-0.05, 0) is 42.3 Å². The highest BCUT2D eigenvalue weighted by atomic mass is 32.2. The second kappa shape index (κ2) is 5.72. The summed E-state index contributed by atoms with van der Waals surface area (Å²) in [6, 6.07) is 24.1. The first kappa shape index (κ1) is 13.3. The van der Waals surface area contributed by atoms with Gasteiger partial charge in [0.1, 0.15) is 0 Å². The lowest BCUT2D eigenvalue weighted by molar-refractivity contribution is 1.10. The van der Waals surface area contributed by atoms with Crippen molar-refractivity contribution in [2.75, 3.05) is 0 Å². The first-order valence-corrected chi connectivity index (χ1v) is 7.82. The van der Waals surface area contributed by atoms with Crippen molar-refractivity contribution in [2.24, 2.45) is 0 Å². The maximum atomic E-state index is 2.31. The van der Waals surface area contributed by atoms with Crippen LogP contribution in [-0.4, -0.2) is 0 Å². The predicted octanol–water partition coefficient (Wildman–Crippen LogP) is 6.00. The smallest absolute Gasteiger partial charge is 0.0316 e. The van der Waals surface area contributed by atoms with E-state index in [0.717, 1.165) is 0 Å². The summed E-state index contributed by atoms with van der Waals surface area (Å²) in [5.41, 5.74) is 2.70. The van der Waals surface area contributed by atoms with E-state index < -0.39 is 0 Å². The monoisotopic (exact) mass is 278 g/mol. The van der Waals surface area contributed by atoms with Crippen LogP contribution in [0.3, 0.4) is 0 Å². The molecule has 0 aliphatic carbocycles. The Morgan fingerprint density at radius 2 is 1.50 bits per heavy atom. The molecule has 0 N–H and O–H groups in total. The van der Waals surface area contributed by atoms with Crippen LogP contribution in [0.1, 0.15) is 23.3 Å². The minimum absolute atomic E-state index is 0.460. The molecule has 3 aromatic rings. The topological polar surface area (TPSA) is 0 Å². The largest absolute Gasteiger partial charge is 0.118 e. The van der Waals surface area contributed by atoms with Crippen LogP contribution in [0, 0.1) is 6.92 Å². The summed E-state index contributed by atoms with van der Waals surface area (Å²) in [5, 5.41) is 3.09. The predicted molar refractivity (Wildman–Crippen MR) is 89.4 cm³/mol. The average Bonchev–Trinajstić information content (AvgIpc) is 2.49. The van der Waals surface area contributed by atoms with E-state index in [0.29, 0.717) is 5.25 Å². The normalized spacial score (nSPS) is 12.5. The number of rotatable bonds is 3. The lowest BCUT2D eigenvalue weighted by Gasteiger charge is -2.13. The molecule has 100 valence electrons. The maximum absolute atomic E-state index is 2.31. The van der Waals surface area contributed by atoms with E-state index in [4.69, 9.17) is 0 Å². The van der Waals surface area contributed by atoms with Gasteiger partial charge in [-0.25, -0.2) is 0 Å². The number of thioether (sulfide) groups is 1. The molecule has 0 heterocycles. The van der Waals surface area contributed by atoms with E-state index in [1.54, 1.807) is 0 Å². The summed E-state index contributed by atoms with van der Waals surface area (Å²) in [5.74, 6) is 0. The molecule has 0 fully saturated rings. The van der Waals surface area contributed by atoms with Crippen molar-refractivity contribution in [3.8, 4) is 0 Å². The van der Waals surface area contributed by atoms with Gasteiger partial charge in [-0.1, -0.05) is 60.2 Å². The quantitative estimate of drug-likeness (QED) is 0.529. The lowest BCUT2D eigenvalue weighted by atomic mass is 10.1. The van der Waals surface area contributed by atoms with Crippen LogP contribution in [0.25, 0.3) is 10.8 Å². The first-order chi connectivity index (χ1) is 9.72. The van der Waals surface area contributed by atoms with E-state index >= 15 is 0 Å². The maximum Gasteiger partial charge on any atom is 0.0316 e. The molecule has 0 aromatic heterocycles. The highest BCUT2D eigenvalue weighted by Gasteiger charge is 2.08. The molecule has 0 nitrogen and oxygen atoms in total. The summed E-state index contributed by atoms with van der Waals surface area (Å²) in [7, 11) is 0. The SMILES string of the molecule is Cc1ccc(SC(C)c2ccc3ccccc3c2)cc1. The van der Waals surface area contributed by atoms with Gasteiger partial charge in [-0.3, -0.25) is 0 Å². The molecule has 3 rings (SSSR count). The van der Waals surface area contributed by atoms with E-state index in [2.05, 4.69) is 80.6 Å². The highest BCUT2D eigenvalue weighted by molar-refractivity contribution is 7.99. The van der Waals surface area contributed by atoms with E-state index in [1.165, 1.54) is 26.8 Å². The molecule has 0 aliphatic rings. The average molecular weight is 278 g/mol. The van der Waals surface area contributed by atoms with E-state index in [9.17, 15) is 0 Å². The molecule has 0 radical (unpaired) electrons. The molecule has 0 bridgehead atoms. The van der Waals surface area contributed by atoms with Gasteiger partial charge in [0.25, 0.3) is 0 Å². The molecule has 0 saturated heterocycles. The van der Waals surface area contributed by atoms with E-state index in [1.807, 2.05) is 11.8 Å². The second-order valence-electron chi connectivity index (χ2n) is 5.18. The van der Waals surface area contributed by atoms with Crippen molar-refractivity contribution >= 4 is 22.5 Å². The third-order valence-electron chi connectivity index (χ3n) is 3.58. The molecule has 1 unspecified atom stereocenters. The van der Waals surface area contributed by atoms with Gasteiger partial charge >= 0.3 is 0 Å². The molecule has 3 aromatic carbocycles. The Bertz CT molecular complexity index is 713. The fraction of sp³-hybridized carbons (Fsp3) is 0.158. The van der Waals surface area contributed by atoms with E-state index in [-0.39, 0.29) is 0 Å². The number of hydrogen-bond donors (Lipinski definition) is 0. The van der Waals surface area contributed by atoms with Gasteiger partial charge in [0.2, 0.25) is 0 Å². The molecule has 1 atom stereocenters. The summed E-state index contributed by atoms with van der Waals surface area (Å²) in [6.45, 7) is 4.40. The molecule has 0 saturated carbocycles. The fourth-order valence-corrected chi connectivity index (χ4v) is 3.33. The van der Waals surface area contributed by atoms with Crippen LogP contribution in [0.5, 0.6) is 0 Å². The molecule has 0 amide bonds. The summed E-state index contributed by atoms with van der Waals surface area (Å²) < 4.78 is 0. The number of fused-ring (bicyclic) bond motifs is 1. The zero-order valence-electron chi connectivity index (χ0n) is 11.8. The Hall–Kier alpha value is -1.73. The summed E-state index contributed by atoms with van der Waals surface area (Å²) in [6.07, 6.45) is 0. The van der Waals surface area contributed by atoms with Gasteiger partial charge in [0.05, 0.1) is 0 Å². The zero-order valence-corrected chi connectivity index (χ0v) is 12.7. The molecule has 0 spiro atoms. The zero-order chi connectivity index (χ0) is 13.9. The molecule has 1 heteroatoms. The van der Waals surface area contributed by atoms with Crippen LogP contribution in [-0.2, 0) is 0 Å². The third kappa shape index (κ3) is 2.88. The van der Waals surface area contributed by atoms with Crippen molar-refractivity contribution in [1.82, 2.24) is 0 Å². The molecule has 0 aliphatic heterocycles. The molecule has 20 heavy (non-hydrogen) atoms. The fourth-order valence-electron chi connectivity index (χ4n) is 2.35. The van der Waals surface area contributed by atoms with Crippen molar-refractivity contribution in [3.63, 3.8) is 0 Å². The van der Waals surface area contributed by atoms with Crippen molar-refractivity contribution in [3.05, 3.63) is 77.9 Å². The number of benzene rings is 3. The second-order valence-corrected chi connectivity index (χ2v) is 6.59. The Labute approximate surface area is 124 Å². The standard InChI is InChI=1S/C19H18S/c1-14-7-11-19(12-8-14)20-15(2)17-10-9-16-5-3-4-6-18(16)13-17/h3-13,15H,1-2H3. The summed E-state index contributed by atoms with van der Waals surface area (Å²) >= 11 is 1.91. The number of hydrogen-bond acceptors (Lipinski definition) is 1. The first-order valence-electron chi connectivity index (χ1n) is 6.94. The Kier molecular flexibility index (Phi) is 3.79. The van der Waals surface area contributed by atoms with Crippen LogP contribution < -0.4 is 0 Å². The summed E-state index contributed by atoms with van der Waals surface area (Å²) in [4.78, 5) is 1.33. The van der Waals surface area contributed by atoms with Crippen LogP contribution in [0.4, 0.5) is 0 Å². The van der Waals surface area contributed by atoms with Crippen molar-refractivity contribution < 1.29 is 0 Å². The highest BCUT2D eigenvalue weighted by Crippen LogP contribution is 2.35. The van der Waals surface area contributed by atoms with Gasteiger partial charge in [0, 0.05) is 10.1 Å². The van der Waals surface area contributed by atoms with Gasteiger partial charge in [0.15, 0.2) is 0 Å². The Morgan fingerprint density at radius 1 is 0.800 bits per heavy atom. The van der Waals surface area contributed by atoms with Gasteiger partial charge in [-0.15, -0.1) is 11.8 Å². The van der Waals surface area contributed by atoms with Gasteiger partial charge in [-0.2, -0.15) is 0 Å². The Balaban J connectivity index is 1.84. The molecular weight excluding hydrogens is 260 g/mol. The minimum Gasteiger partial charge on any atom is -0.118 e. The number of aryl methyl sites for hydroxylation is 1. The van der Waals surface area contributed by atoms with Crippen LogP contribution in [0.15, 0.2) is 71.6 Å². The lowest BCUT2D eigenvalue weighted by Crippen LogP contribution is -1.88. The Morgan fingerprint density at radius 3 is 2.25 bits per heavy atom. The third-order valence-corrected chi connectivity index (χ3v) is 4.75. The van der Waals surface area contributed by atoms with Crippen molar-refractivity contribution in [2.45, 2.75) is 24.0 Å². The minimum atomic E-state index is 0.460. The van der Waals surface area contributed by atoms with Crippen molar-refractivity contribution in [1.29, 1.82) is 0 Å². The van der Waals surface area contributed by atoms with Crippen LogP contribution in [0.2, 0.25) is 0 Å².